The topological polar surface area (TPSA) is 75.4 Å². The summed E-state index contributed by atoms with van der Waals surface area (Å²) >= 11 is 1.45. The molecule has 1 aliphatic heterocycles. The van der Waals surface area contributed by atoms with Gasteiger partial charge in [0.2, 0.25) is 5.13 Å². The van der Waals surface area contributed by atoms with E-state index in [9.17, 15) is 4.79 Å². The Morgan fingerprint density at radius 1 is 1.23 bits per heavy atom. The molecule has 2 N–H and O–H groups in total. The van der Waals surface area contributed by atoms with Crippen molar-refractivity contribution in [3.63, 3.8) is 0 Å². The zero-order valence-corrected chi connectivity index (χ0v) is 17.4. The Kier molecular flexibility index (Phi) is 8.59. The van der Waals surface area contributed by atoms with Gasteiger partial charge in [0.1, 0.15) is 5.82 Å². The van der Waals surface area contributed by atoms with Crippen LogP contribution in [0.1, 0.15) is 35.1 Å². The van der Waals surface area contributed by atoms with Crippen LogP contribution in [-0.4, -0.2) is 46.3 Å². The zero-order chi connectivity index (χ0) is 17.1. The minimum Gasteiger partial charge on any atom is -0.399 e. The van der Waals surface area contributed by atoms with E-state index in [1.54, 1.807) is 6.07 Å². The zero-order valence-electron chi connectivity index (χ0n) is 15.0. The molecule has 3 rings (SSSR count). The van der Waals surface area contributed by atoms with E-state index in [-0.39, 0.29) is 30.7 Å². The summed E-state index contributed by atoms with van der Waals surface area (Å²) in [7, 11) is 0. The number of hydrogen-bond acceptors (Lipinski definition) is 6. The van der Waals surface area contributed by atoms with Gasteiger partial charge in [-0.1, -0.05) is 13.0 Å². The molecular formula is C17H25Cl2N5OS. The van der Waals surface area contributed by atoms with Gasteiger partial charge in [-0.2, -0.15) is 4.37 Å². The van der Waals surface area contributed by atoms with Crippen molar-refractivity contribution in [1.82, 2.24) is 14.3 Å². The molecular weight excluding hydrogens is 393 g/mol. The van der Waals surface area contributed by atoms with Crippen molar-refractivity contribution in [3.05, 3.63) is 35.2 Å². The molecule has 2 aromatic rings. The second-order valence-corrected chi connectivity index (χ2v) is 6.78. The number of hydrogen-bond donors (Lipinski definition) is 1. The molecule has 0 aliphatic carbocycles. The van der Waals surface area contributed by atoms with Crippen LogP contribution in [0.15, 0.2) is 18.2 Å². The van der Waals surface area contributed by atoms with E-state index >= 15 is 0 Å². The highest BCUT2D eigenvalue weighted by Crippen LogP contribution is 2.21. The summed E-state index contributed by atoms with van der Waals surface area (Å²) in [6.07, 6.45) is 1.78. The Bertz CT molecular complexity index is 740. The van der Waals surface area contributed by atoms with Gasteiger partial charge >= 0.3 is 0 Å². The fourth-order valence-corrected chi connectivity index (χ4v) is 3.67. The van der Waals surface area contributed by atoms with Crippen LogP contribution in [0.3, 0.4) is 0 Å². The molecule has 9 heteroatoms. The first-order valence-corrected chi connectivity index (χ1v) is 9.08. The normalized spacial score (nSPS) is 14.2. The number of aryl methyl sites for hydroxylation is 2. The summed E-state index contributed by atoms with van der Waals surface area (Å²) in [5.74, 6) is 0.954. The molecule has 0 atom stereocenters. The van der Waals surface area contributed by atoms with Gasteiger partial charge in [0.25, 0.3) is 5.91 Å². The summed E-state index contributed by atoms with van der Waals surface area (Å²) in [5.41, 5.74) is 8.14. The smallest absolute Gasteiger partial charge is 0.254 e. The first-order valence-electron chi connectivity index (χ1n) is 8.31. The average molecular weight is 418 g/mol. The number of amides is 1. The third kappa shape index (κ3) is 4.99. The lowest BCUT2D eigenvalue weighted by Crippen LogP contribution is -2.35. The maximum absolute atomic E-state index is 12.8. The summed E-state index contributed by atoms with van der Waals surface area (Å²) < 4.78 is 4.36. The highest BCUT2D eigenvalue weighted by atomic mass is 35.5. The van der Waals surface area contributed by atoms with Gasteiger partial charge in [0.05, 0.1) is 0 Å². The average Bonchev–Trinajstić information content (AvgIpc) is 2.93. The number of nitrogen functional groups attached to an aromatic ring is 1. The highest BCUT2D eigenvalue weighted by molar-refractivity contribution is 7.09. The number of rotatable bonds is 3. The van der Waals surface area contributed by atoms with Gasteiger partial charge in [-0.05, 0) is 31.0 Å². The SMILES string of the molecule is CCc1nsc(N2CCCN(C(=O)c3cc(N)ccc3C)CC2)n1.Cl.Cl. The van der Waals surface area contributed by atoms with Crippen molar-refractivity contribution in [2.24, 2.45) is 0 Å². The van der Waals surface area contributed by atoms with Crippen LogP contribution in [0.4, 0.5) is 10.8 Å². The van der Waals surface area contributed by atoms with Crippen molar-refractivity contribution in [1.29, 1.82) is 0 Å². The van der Waals surface area contributed by atoms with Crippen LogP contribution in [0.2, 0.25) is 0 Å². The van der Waals surface area contributed by atoms with Gasteiger partial charge in [0, 0.05) is 55.4 Å². The largest absolute Gasteiger partial charge is 0.399 e. The Morgan fingerprint density at radius 3 is 2.69 bits per heavy atom. The number of carbonyl (C=O) groups excluding carboxylic acids is 1. The fourth-order valence-electron chi connectivity index (χ4n) is 2.87. The molecule has 144 valence electrons. The van der Waals surface area contributed by atoms with Crippen molar-refractivity contribution in [2.45, 2.75) is 26.7 Å². The molecule has 0 bridgehead atoms. The van der Waals surface area contributed by atoms with E-state index in [1.165, 1.54) is 11.5 Å². The first-order chi connectivity index (χ1) is 11.6. The number of benzene rings is 1. The summed E-state index contributed by atoms with van der Waals surface area (Å²) in [4.78, 5) is 21.6. The molecule has 1 aromatic carbocycles. The Balaban J connectivity index is 0.00000169. The fraction of sp³-hybridized carbons (Fsp3) is 0.471. The van der Waals surface area contributed by atoms with Gasteiger partial charge in [-0.15, -0.1) is 24.8 Å². The van der Waals surface area contributed by atoms with Crippen molar-refractivity contribution >= 4 is 53.1 Å². The van der Waals surface area contributed by atoms with Gasteiger partial charge in [-0.3, -0.25) is 4.79 Å². The quantitative estimate of drug-likeness (QED) is 0.775. The van der Waals surface area contributed by atoms with E-state index in [1.807, 2.05) is 24.0 Å². The van der Waals surface area contributed by atoms with E-state index in [0.29, 0.717) is 17.8 Å². The van der Waals surface area contributed by atoms with Crippen molar-refractivity contribution in [2.75, 3.05) is 36.8 Å². The molecule has 0 unspecified atom stereocenters. The van der Waals surface area contributed by atoms with E-state index in [0.717, 1.165) is 49.0 Å². The minimum atomic E-state index is 0. The monoisotopic (exact) mass is 417 g/mol. The molecule has 26 heavy (non-hydrogen) atoms. The number of aromatic nitrogens is 2. The van der Waals surface area contributed by atoms with Gasteiger partial charge in [0.15, 0.2) is 0 Å². The molecule has 1 amide bonds. The van der Waals surface area contributed by atoms with Crippen LogP contribution in [0.5, 0.6) is 0 Å². The molecule has 1 saturated heterocycles. The highest BCUT2D eigenvalue weighted by Gasteiger charge is 2.23. The molecule has 6 nitrogen and oxygen atoms in total. The van der Waals surface area contributed by atoms with Crippen molar-refractivity contribution in [3.8, 4) is 0 Å². The number of carbonyl (C=O) groups is 1. The number of nitrogens with zero attached hydrogens (tertiary/aromatic N) is 4. The van der Waals surface area contributed by atoms with E-state index in [2.05, 4.69) is 21.2 Å². The number of halogens is 2. The Hall–Kier alpha value is -1.57. The molecule has 1 aliphatic rings. The molecule has 1 aromatic heterocycles. The van der Waals surface area contributed by atoms with Crippen LogP contribution in [0.25, 0.3) is 0 Å². The predicted molar refractivity (Wildman–Crippen MR) is 112 cm³/mol. The van der Waals surface area contributed by atoms with Crippen LogP contribution < -0.4 is 10.6 Å². The molecule has 1 fully saturated rings. The third-order valence-electron chi connectivity index (χ3n) is 4.32. The Labute approximate surface area is 170 Å². The van der Waals surface area contributed by atoms with Crippen LogP contribution in [0, 0.1) is 6.92 Å². The van der Waals surface area contributed by atoms with Crippen LogP contribution >= 0.6 is 36.3 Å². The third-order valence-corrected chi connectivity index (χ3v) is 5.13. The maximum atomic E-state index is 12.8. The summed E-state index contributed by atoms with van der Waals surface area (Å²) in [6.45, 7) is 7.13. The van der Waals surface area contributed by atoms with E-state index in [4.69, 9.17) is 5.73 Å². The van der Waals surface area contributed by atoms with Gasteiger partial charge < -0.3 is 15.5 Å². The summed E-state index contributed by atoms with van der Waals surface area (Å²) in [6, 6.07) is 5.51. The lowest BCUT2D eigenvalue weighted by molar-refractivity contribution is 0.0766. The molecule has 0 radical (unpaired) electrons. The second kappa shape index (κ2) is 9.94. The standard InChI is InChI=1S/C17H23N5OS.2ClH/c1-3-15-19-17(24-20-15)22-8-4-7-21(9-10-22)16(23)14-11-13(18)6-5-12(14)2;;/h5-6,11H,3-4,7-10,18H2,1-2H3;2*1H. The number of anilines is 2. The molecule has 2 heterocycles. The Morgan fingerprint density at radius 2 is 2.00 bits per heavy atom. The first kappa shape index (κ1) is 22.5. The predicted octanol–water partition coefficient (Wildman–Crippen LogP) is 3.19. The second-order valence-electron chi connectivity index (χ2n) is 6.05. The van der Waals surface area contributed by atoms with Gasteiger partial charge in [-0.25, -0.2) is 4.98 Å². The lowest BCUT2D eigenvalue weighted by atomic mass is 10.1. The molecule has 0 saturated carbocycles. The van der Waals surface area contributed by atoms with Crippen molar-refractivity contribution < 1.29 is 4.79 Å². The maximum Gasteiger partial charge on any atom is 0.254 e. The lowest BCUT2D eigenvalue weighted by Gasteiger charge is -2.22. The molecule has 0 spiro atoms. The minimum absolute atomic E-state index is 0. The summed E-state index contributed by atoms with van der Waals surface area (Å²) in [5, 5.41) is 0.960. The van der Waals surface area contributed by atoms with E-state index < -0.39 is 0 Å². The van der Waals surface area contributed by atoms with Crippen LogP contribution in [-0.2, 0) is 6.42 Å². The number of nitrogens with two attached hydrogens (primary N) is 1.